The van der Waals surface area contributed by atoms with Crippen LogP contribution in [0.15, 0.2) is 24.3 Å². The van der Waals surface area contributed by atoms with Gasteiger partial charge in [0.05, 0.1) is 21.7 Å². The number of halogens is 3. The summed E-state index contributed by atoms with van der Waals surface area (Å²) < 4.78 is 40.7. The Balaban J connectivity index is 2.03. The molecule has 3 rings (SSSR count). The molecule has 1 heterocycles. The number of carboxylic acids is 2. The summed E-state index contributed by atoms with van der Waals surface area (Å²) in [6, 6.07) is 4.50. The van der Waals surface area contributed by atoms with Gasteiger partial charge in [-0.2, -0.15) is 0 Å². The largest absolute Gasteiger partial charge is 0.481 e. The molecule has 3 aromatic rings. The summed E-state index contributed by atoms with van der Waals surface area (Å²) in [5.74, 6) is -5.90. The second-order valence-corrected chi connectivity index (χ2v) is 6.61. The predicted molar refractivity (Wildman–Crippen MR) is 87.0 cm³/mol. The molecule has 0 saturated carbocycles. The molecular formula is C17H10F3NO4S. The van der Waals surface area contributed by atoms with Crippen LogP contribution in [0.3, 0.4) is 0 Å². The highest BCUT2D eigenvalue weighted by Crippen LogP contribution is 2.30. The highest BCUT2D eigenvalue weighted by atomic mass is 32.1. The lowest BCUT2D eigenvalue weighted by atomic mass is 10.0. The molecule has 0 unspecified atom stereocenters. The molecule has 0 fully saturated rings. The lowest BCUT2D eigenvalue weighted by Gasteiger charge is -2.05. The van der Waals surface area contributed by atoms with Crippen molar-refractivity contribution in [1.82, 2.24) is 4.98 Å². The zero-order valence-corrected chi connectivity index (χ0v) is 13.7. The summed E-state index contributed by atoms with van der Waals surface area (Å²) >= 11 is 0.819. The number of aliphatic carboxylic acids is 1. The first-order valence-corrected chi connectivity index (χ1v) is 8.07. The van der Waals surface area contributed by atoms with Crippen LogP contribution in [0.5, 0.6) is 0 Å². The van der Waals surface area contributed by atoms with Gasteiger partial charge >= 0.3 is 11.9 Å². The Morgan fingerprint density at radius 3 is 2.35 bits per heavy atom. The average molecular weight is 381 g/mol. The van der Waals surface area contributed by atoms with Gasteiger partial charge in [0.1, 0.15) is 11.3 Å². The molecule has 0 saturated heterocycles. The Bertz CT molecular complexity index is 1050. The molecule has 2 N–H and O–H groups in total. The highest BCUT2D eigenvalue weighted by Gasteiger charge is 2.18. The fourth-order valence-corrected chi connectivity index (χ4v) is 3.54. The zero-order chi connectivity index (χ0) is 19.0. The normalized spacial score (nSPS) is 11.0. The minimum atomic E-state index is -1.34. The van der Waals surface area contributed by atoms with Crippen LogP contribution in [0, 0.1) is 17.5 Å². The van der Waals surface area contributed by atoms with E-state index in [0.29, 0.717) is 11.6 Å². The van der Waals surface area contributed by atoms with Gasteiger partial charge in [0, 0.05) is 12.5 Å². The number of nitrogens with zero attached hydrogens (tertiary/aromatic N) is 1. The number of carboxylic acid groups (broad SMARTS) is 2. The van der Waals surface area contributed by atoms with Gasteiger partial charge in [-0.05, 0) is 23.3 Å². The molecule has 0 aliphatic carbocycles. The van der Waals surface area contributed by atoms with Gasteiger partial charge in [0.25, 0.3) is 0 Å². The first-order valence-electron chi connectivity index (χ1n) is 7.25. The van der Waals surface area contributed by atoms with E-state index in [-0.39, 0.29) is 33.7 Å². The third kappa shape index (κ3) is 3.52. The minimum Gasteiger partial charge on any atom is -0.481 e. The van der Waals surface area contributed by atoms with Crippen LogP contribution in [-0.2, 0) is 17.6 Å². The maximum atomic E-state index is 13.8. The molecule has 0 aliphatic rings. The van der Waals surface area contributed by atoms with E-state index in [2.05, 4.69) is 4.98 Å². The second kappa shape index (κ2) is 6.75. The van der Waals surface area contributed by atoms with Gasteiger partial charge < -0.3 is 10.2 Å². The molecule has 0 spiro atoms. The van der Waals surface area contributed by atoms with Crippen molar-refractivity contribution in [3.63, 3.8) is 0 Å². The smallest absolute Gasteiger partial charge is 0.335 e. The molecule has 1 aromatic heterocycles. The molecule has 0 aliphatic heterocycles. The first-order chi connectivity index (χ1) is 12.2. The Kier molecular flexibility index (Phi) is 4.64. The summed E-state index contributed by atoms with van der Waals surface area (Å²) in [6.07, 6.45) is -0.351. The first kappa shape index (κ1) is 17.9. The van der Waals surface area contributed by atoms with Gasteiger partial charge in [-0.25, -0.2) is 22.9 Å². The van der Waals surface area contributed by atoms with Gasteiger partial charge in [-0.3, -0.25) is 4.79 Å². The Morgan fingerprint density at radius 2 is 1.69 bits per heavy atom. The number of benzene rings is 2. The fourth-order valence-electron chi connectivity index (χ4n) is 2.54. The van der Waals surface area contributed by atoms with Crippen LogP contribution in [0.4, 0.5) is 13.2 Å². The molecule has 134 valence electrons. The number of thiazole rings is 1. The lowest BCUT2D eigenvalue weighted by Crippen LogP contribution is -2.05. The summed E-state index contributed by atoms with van der Waals surface area (Å²) in [7, 11) is 0. The maximum absolute atomic E-state index is 13.8. The number of hydrogen-bond acceptors (Lipinski definition) is 4. The summed E-state index contributed by atoms with van der Waals surface area (Å²) in [6.45, 7) is 0. The van der Waals surface area contributed by atoms with Crippen molar-refractivity contribution in [3.8, 4) is 0 Å². The van der Waals surface area contributed by atoms with E-state index >= 15 is 0 Å². The van der Waals surface area contributed by atoms with E-state index in [1.54, 1.807) is 0 Å². The monoisotopic (exact) mass is 381 g/mol. The van der Waals surface area contributed by atoms with Crippen molar-refractivity contribution in [3.05, 3.63) is 63.4 Å². The average Bonchev–Trinajstić information content (AvgIpc) is 2.96. The molecule has 26 heavy (non-hydrogen) atoms. The quantitative estimate of drug-likeness (QED) is 0.659. The number of hydrogen-bond donors (Lipinski definition) is 2. The van der Waals surface area contributed by atoms with Crippen molar-refractivity contribution >= 4 is 33.5 Å². The van der Waals surface area contributed by atoms with Crippen LogP contribution in [0.25, 0.3) is 10.2 Å². The van der Waals surface area contributed by atoms with Gasteiger partial charge in [0.15, 0.2) is 11.6 Å². The zero-order valence-electron chi connectivity index (χ0n) is 12.9. The van der Waals surface area contributed by atoms with E-state index in [4.69, 9.17) is 10.2 Å². The number of rotatable bonds is 5. The number of carbonyl (C=O) groups is 2. The maximum Gasteiger partial charge on any atom is 0.335 e. The van der Waals surface area contributed by atoms with Crippen LogP contribution >= 0.6 is 11.3 Å². The van der Waals surface area contributed by atoms with Crippen molar-refractivity contribution in [2.45, 2.75) is 12.8 Å². The van der Waals surface area contributed by atoms with E-state index in [1.807, 2.05) is 0 Å². The van der Waals surface area contributed by atoms with E-state index in [9.17, 15) is 22.8 Å². The topological polar surface area (TPSA) is 87.5 Å². The molecule has 5 nitrogen and oxygen atoms in total. The third-order valence-corrected chi connectivity index (χ3v) is 4.63. The van der Waals surface area contributed by atoms with Crippen LogP contribution in [0.1, 0.15) is 26.5 Å². The van der Waals surface area contributed by atoms with Gasteiger partial charge in [-0.15, -0.1) is 11.3 Å². The molecule has 0 bridgehead atoms. The molecule has 2 aromatic carbocycles. The number of fused-ring (bicyclic) bond motifs is 1. The lowest BCUT2D eigenvalue weighted by molar-refractivity contribution is -0.136. The van der Waals surface area contributed by atoms with E-state index in [0.717, 1.165) is 11.3 Å². The number of aromatic carboxylic acids is 1. The molecule has 0 radical (unpaired) electrons. The molecular weight excluding hydrogens is 371 g/mol. The van der Waals surface area contributed by atoms with Crippen LogP contribution in [0.2, 0.25) is 0 Å². The highest BCUT2D eigenvalue weighted by molar-refractivity contribution is 7.18. The van der Waals surface area contributed by atoms with Crippen molar-refractivity contribution < 1.29 is 33.0 Å². The molecule has 0 amide bonds. The Hall–Kier alpha value is -2.94. The standard InChI is InChI=1S/C17H10F3NO4S/c18-10-6-11(19)16-15(14(10)20)21-12(26-16)4-7-1-8(5-13(22)23)3-9(2-7)17(24)25/h1-3,6H,4-5H2,(H,22,23)(H,24,25). The summed E-state index contributed by atoms with van der Waals surface area (Å²) in [4.78, 5) is 26.0. The van der Waals surface area contributed by atoms with Crippen molar-refractivity contribution in [1.29, 1.82) is 0 Å². The Labute approximate surface area is 148 Å². The fraction of sp³-hybridized carbons (Fsp3) is 0.118. The third-order valence-electron chi connectivity index (χ3n) is 3.57. The SMILES string of the molecule is O=C(O)Cc1cc(Cc2nc3c(F)c(F)cc(F)c3s2)cc(C(=O)O)c1. The van der Waals surface area contributed by atoms with Crippen molar-refractivity contribution in [2.75, 3.05) is 0 Å². The van der Waals surface area contributed by atoms with E-state index in [1.165, 1.54) is 18.2 Å². The van der Waals surface area contributed by atoms with Crippen molar-refractivity contribution in [2.24, 2.45) is 0 Å². The van der Waals surface area contributed by atoms with Gasteiger partial charge in [-0.1, -0.05) is 6.07 Å². The summed E-state index contributed by atoms with van der Waals surface area (Å²) in [5.41, 5.74) is 0.157. The van der Waals surface area contributed by atoms with Crippen LogP contribution in [-0.4, -0.2) is 27.1 Å². The van der Waals surface area contributed by atoms with Crippen LogP contribution < -0.4 is 0 Å². The Morgan fingerprint density at radius 1 is 1.00 bits per heavy atom. The van der Waals surface area contributed by atoms with Gasteiger partial charge in [0.2, 0.25) is 0 Å². The second-order valence-electron chi connectivity index (χ2n) is 5.53. The molecule has 9 heteroatoms. The molecule has 0 atom stereocenters. The predicted octanol–water partition coefficient (Wildman–Crippen LogP) is 3.63. The van der Waals surface area contributed by atoms with E-state index < -0.39 is 34.9 Å². The number of aromatic nitrogens is 1. The summed E-state index contributed by atoms with van der Waals surface area (Å²) in [5, 5.41) is 18.3. The minimum absolute atomic E-state index is 0.0214.